The lowest BCUT2D eigenvalue weighted by Crippen LogP contribution is -2.17. The van der Waals surface area contributed by atoms with Gasteiger partial charge < -0.3 is 9.08 Å². The van der Waals surface area contributed by atoms with Gasteiger partial charge in [-0.2, -0.15) is 8.42 Å². The van der Waals surface area contributed by atoms with Crippen molar-refractivity contribution in [1.82, 2.24) is 0 Å². The zero-order valence-corrected chi connectivity index (χ0v) is 10.2. The third-order valence-corrected chi connectivity index (χ3v) is 3.71. The number of hydrogen-bond donors (Lipinski definition) is 1. The van der Waals surface area contributed by atoms with Crippen molar-refractivity contribution in [2.45, 2.75) is 11.8 Å². The fourth-order valence-corrected chi connectivity index (χ4v) is 3.03. The van der Waals surface area contributed by atoms with Crippen LogP contribution in [0, 0.1) is 0 Å². The predicted octanol–water partition coefficient (Wildman–Crippen LogP) is 1.76. The second-order valence-corrected chi connectivity index (χ2v) is 5.28. The van der Waals surface area contributed by atoms with Crippen LogP contribution in [0.25, 0.3) is 0 Å². The van der Waals surface area contributed by atoms with Crippen molar-refractivity contribution >= 4 is 27.8 Å². The molecule has 1 aliphatic heterocycles. The van der Waals surface area contributed by atoms with Crippen LogP contribution in [0.2, 0.25) is 0 Å². The van der Waals surface area contributed by atoms with E-state index in [1.807, 2.05) is 0 Å². The molecule has 0 atom stereocenters. The molecule has 0 fully saturated rings. The Morgan fingerprint density at radius 2 is 2.31 bits per heavy atom. The molecule has 0 spiro atoms. The Balaban J connectivity index is 2.28. The lowest BCUT2D eigenvalue weighted by molar-refractivity contribution is 0.386. The number of fused-ring (bicyclic) bond motifs is 1. The minimum Gasteiger partial charge on any atom is -0.362 e. The van der Waals surface area contributed by atoms with Gasteiger partial charge in [-0.1, -0.05) is 0 Å². The molecule has 0 radical (unpaired) electrons. The van der Waals surface area contributed by atoms with Crippen LogP contribution >= 0.6 is 11.8 Å². The molecule has 0 saturated carbocycles. The van der Waals surface area contributed by atoms with Gasteiger partial charge in [0.25, 0.3) is 0 Å². The van der Waals surface area contributed by atoms with E-state index in [0.29, 0.717) is 0 Å². The number of hydrogen-bond acceptors (Lipinski definition) is 5. The topological polar surface area (TPSA) is 66.8 Å². The van der Waals surface area contributed by atoms with Crippen molar-refractivity contribution in [3.05, 3.63) is 18.2 Å². The van der Waals surface area contributed by atoms with Crippen LogP contribution in [0.15, 0.2) is 23.1 Å². The van der Waals surface area contributed by atoms with Crippen LogP contribution in [0.5, 0.6) is 5.75 Å². The summed E-state index contributed by atoms with van der Waals surface area (Å²) in [5.74, 6) is 0.980. The predicted molar refractivity (Wildman–Crippen MR) is 62.4 cm³/mol. The van der Waals surface area contributed by atoms with E-state index in [2.05, 4.69) is 16.0 Å². The number of benzene rings is 1. The van der Waals surface area contributed by atoms with Gasteiger partial charge in [-0.3, -0.25) is 4.55 Å². The summed E-state index contributed by atoms with van der Waals surface area (Å²) in [6, 6.07) is 4.93. The zero-order valence-electron chi connectivity index (χ0n) is 8.58. The first-order chi connectivity index (χ1) is 7.49. The molecule has 88 valence electrons. The van der Waals surface area contributed by atoms with Crippen LogP contribution in [0.1, 0.15) is 6.92 Å². The van der Waals surface area contributed by atoms with Crippen molar-refractivity contribution in [3.63, 3.8) is 0 Å². The summed E-state index contributed by atoms with van der Waals surface area (Å²) in [4.78, 5) is 3.13. The van der Waals surface area contributed by atoms with E-state index < -0.39 is 10.4 Å². The summed E-state index contributed by atoms with van der Waals surface area (Å²) in [6.07, 6.45) is 0. The molecule has 0 aliphatic carbocycles. The molecule has 0 bridgehead atoms. The smallest absolute Gasteiger partial charge is 0.362 e. The normalized spacial score (nSPS) is 15.0. The van der Waals surface area contributed by atoms with Gasteiger partial charge in [0.1, 0.15) is 5.75 Å². The molecule has 7 heteroatoms. The maximum Gasteiger partial charge on any atom is 0.446 e. The second-order valence-electron chi connectivity index (χ2n) is 3.27. The molecular formula is C9H11NO4S2. The monoisotopic (exact) mass is 261 g/mol. The molecular weight excluding hydrogens is 250 g/mol. The molecule has 1 aliphatic rings. The first-order valence-corrected chi connectivity index (χ1v) is 7.03. The fraction of sp³-hybridized carbons (Fsp3) is 0.333. The number of rotatable bonds is 3. The number of nitrogens with zero attached hydrogens (tertiary/aromatic N) is 1. The van der Waals surface area contributed by atoms with Gasteiger partial charge in [-0.05, 0) is 25.1 Å². The Morgan fingerprint density at radius 3 is 2.94 bits per heavy atom. The van der Waals surface area contributed by atoms with Gasteiger partial charge in [0.15, 0.2) is 0 Å². The van der Waals surface area contributed by atoms with Crippen LogP contribution < -0.4 is 9.08 Å². The average molecular weight is 261 g/mol. The third-order valence-electron chi connectivity index (χ3n) is 2.23. The lowest BCUT2D eigenvalue weighted by Gasteiger charge is -2.15. The van der Waals surface area contributed by atoms with Crippen molar-refractivity contribution in [2.24, 2.45) is 0 Å². The summed E-state index contributed by atoms with van der Waals surface area (Å²) in [5.41, 5.74) is 1.06. The SMILES string of the molecule is CCN1CSc2cc(OS(=O)(=O)O)ccc21. The molecule has 0 saturated heterocycles. The van der Waals surface area contributed by atoms with E-state index in [1.165, 1.54) is 6.07 Å². The molecule has 2 rings (SSSR count). The van der Waals surface area contributed by atoms with Crippen molar-refractivity contribution in [1.29, 1.82) is 0 Å². The van der Waals surface area contributed by atoms with Gasteiger partial charge in [0.05, 0.1) is 11.6 Å². The molecule has 1 heterocycles. The summed E-state index contributed by atoms with van der Waals surface area (Å²) in [5, 5.41) is 0. The molecule has 1 aromatic rings. The third kappa shape index (κ3) is 2.42. The van der Waals surface area contributed by atoms with Crippen LogP contribution in [0.3, 0.4) is 0 Å². The van der Waals surface area contributed by atoms with Crippen molar-refractivity contribution in [3.8, 4) is 5.75 Å². The largest absolute Gasteiger partial charge is 0.446 e. The Bertz CT molecular complexity index is 500. The van der Waals surface area contributed by atoms with Crippen LogP contribution in [-0.4, -0.2) is 25.4 Å². The van der Waals surface area contributed by atoms with E-state index in [1.54, 1.807) is 23.9 Å². The van der Waals surface area contributed by atoms with Crippen molar-refractivity contribution < 1.29 is 17.2 Å². The number of thioether (sulfide) groups is 1. The summed E-state index contributed by atoms with van der Waals surface area (Å²) < 4.78 is 34.0. The van der Waals surface area contributed by atoms with E-state index in [4.69, 9.17) is 4.55 Å². The molecule has 0 unspecified atom stereocenters. The van der Waals surface area contributed by atoms with Gasteiger partial charge in [-0.25, -0.2) is 0 Å². The summed E-state index contributed by atoms with van der Waals surface area (Å²) >= 11 is 1.61. The first kappa shape index (κ1) is 11.6. The van der Waals surface area contributed by atoms with E-state index >= 15 is 0 Å². The van der Waals surface area contributed by atoms with Crippen LogP contribution in [-0.2, 0) is 10.4 Å². The Hall–Kier alpha value is -0.920. The second kappa shape index (κ2) is 4.15. The highest BCUT2D eigenvalue weighted by atomic mass is 32.3. The maximum atomic E-state index is 10.5. The quantitative estimate of drug-likeness (QED) is 0.836. The molecule has 0 aromatic heterocycles. The highest BCUT2D eigenvalue weighted by molar-refractivity contribution is 7.99. The first-order valence-electron chi connectivity index (χ1n) is 4.68. The Morgan fingerprint density at radius 1 is 1.56 bits per heavy atom. The van der Waals surface area contributed by atoms with Crippen LogP contribution in [0.4, 0.5) is 5.69 Å². The van der Waals surface area contributed by atoms with E-state index in [-0.39, 0.29) is 5.75 Å². The maximum absolute atomic E-state index is 10.5. The average Bonchev–Trinajstić information content (AvgIpc) is 2.57. The van der Waals surface area contributed by atoms with E-state index in [0.717, 1.165) is 23.0 Å². The molecule has 5 nitrogen and oxygen atoms in total. The van der Waals surface area contributed by atoms with Gasteiger partial charge in [0.2, 0.25) is 0 Å². The Kier molecular flexibility index (Phi) is 3.00. The highest BCUT2D eigenvalue weighted by Gasteiger charge is 2.19. The molecule has 1 aromatic carbocycles. The Labute approximate surface area is 98.4 Å². The zero-order chi connectivity index (χ0) is 11.8. The van der Waals surface area contributed by atoms with Gasteiger partial charge >= 0.3 is 10.4 Å². The summed E-state index contributed by atoms with van der Waals surface area (Å²) in [7, 11) is -4.44. The summed E-state index contributed by atoms with van der Waals surface area (Å²) in [6.45, 7) is 2.96. The van der Waals surface area contributed by atoms with Gasteiger partial charge in [0, 0.05) is 11.4 Å². The minimum absolute atomic E-state index is 0.131. The standard InChI is InChI=1S/C9H11NO4S2/c1-2-10-6-15-9-5-7(3-4-8(9)10)14-16(11,12)13/h3-5H,2,6H2,1H3,(H,11,12,13). The van der Waals surface area contributed by atoms with Crippen molar-refractivity contribution in [2.75, 3.05) is 17.3 Å². The lowest BCUT2D eigenvalue weighted by atomic mass is 10.3. The molecule has 16 heavy (non-hydrogen) atoms. The van der Waals surface area contributed by atoms with E-state index in [9.17, 15) is 8.42 Å². The fourth-order valence-electron chi connectivity index (χ4n) is 1.52. The molecule has 0 amide bonds. The number of anilines is 1. The molecule has 1 N–H and O–H groups in total. The minimum atomic E-state index is -4.44. The highest BCUT2D eigenvalue weighted by Crippen LogP contribution is 2.40. The van der Waals surface area contributed by atoms with Gasteiger partial charge in [-0.15, -0.1) is 11.8 Å².